The van der Waals surface area contributed by atoms with Gasteiger partial charge in [-0.25, -0.2) is 0 Å². The summed E-state index contributed by atoms with van der Waals surface area (Å²) < 4.78 is 43.1. The van der Waals surface area contributed by atoms with E-state index in [4.69, 9.17) is 10.5 Å². The molecule has 0 spiro atoms. The minimum absolute atomic E-state index is 0.0186. The molecule has 0 saturated heterocycles. The van der Waals surface area contributed by atoms with Crippen molar-refractivity contribution in [2.75, 3.05) is 12.3 Å². The second-order valence-corrected chi connectivity index (χ2v) is 3.42. The zero-order valence-corrected chi connectivity index (χ0v) is 9.39. The molecule has 0 unspecified atom stereocenters. The van der Waals surface area contributed by atoms with Gasteiger partial charge in [-0.05, 0) is 26.0 Å². The number of ether oxygens (including phenoxy) is 1. The Morgan fingerprint density at radius 2 is 2.00 bits per heavy atom. The van der Waals surface area contributed by atoms with Gasteiger partial charge in [-0.15, -0.1) is 0 Å². The van der Waals surface area contributed by atoms with Crippen molar-refractivity contribution in [3.63, 3.8) is 0 Å². The number of rotatable bonds is 3. The molecule has 0 amide bonds. The first-order valence-corrected chi connectivity index (χ1v) is 4.91. The topological polar surface area (TPSA) is 52.3 Å². The highest BCUT2D eigenvalue weighted by Gasteiger charge is 2.35. The van der Waals surface area contributed by atoms with E-state index in [9.17, 15) is 18.0 Å². The van der Waals surface area contributed by atoms with Crippen molar-refractivity contribution in [1.29, 1.82) is 0 Å². The van der Waals surface area contributed by atoms with Crippen LogP contribution >= 0.6 is 0 Å². The van der Waals surface area contributed by atoms with Gasteiger partial charge in [0, 0.05) is 5.56 Å². The Morgan fingerprint density at radius 1 is 1.41 bits per heavy atom. The van der Waals surface area contributed by atoms with Gasteiger partial charge in [0.15, 0.2) is 5.78 Å². The number of halogens is 3. The first kappa shape index (κ1) is 13.3. The molecule has 1 aromatic carbocycles. The second kappa shape index (κ2) is 4.65. The number of carbonyl (C=O) groups is 1. The number of nitrogen functional groups attached to an aromatic ring is 1. The van der Waals surface area contributed by atoms with Crippen LogP contribution in [0.5, 0.6) is 5.75 Å². The fraction of sp³-hybridized carbons (Fsp3) is 0.364. The summed E-state index contributed by atoms with van der Waals surface area (Å²) in [5.41, 5.74) is 4.06. The first-order chi connectivity index (χ1) is 7.77. The van der Waals surface area contributed by atoms with Crippen LogP contribution < -0.4 is 10.5 Å². The Balaban J connectivity index is 3.42. The van der Waals surface area contributed by atoms with Crippen LogP contribution in [0, 0.1) is 0 Å². The number of nitrogens with two attached hydrogens (primary N) is 1. The zero-order valence-electron chi connectivity index (χ0n) is 9.39. The predicted molar refractivity (Wildman–Crippen MR) is 57.0 cm³/mol. The van der Waals surface area contributed by atoms with E-state index in [2.05, 4.69) is 0 Å². The largest absolute Gasteiger partial charge is 0.492 e. The van der Waals surface area contributed by atoms with E-state index < -0.39 is 23.1 Å². The molecule has 3 nitrogen and oxygen atoms in total. The summed E-state index contributed by atoms with van der Waals surface area (Å²) in [5.74, 6) is -0.753. The number of benzene rings is 1. The Hall–Kier alpha value is -1.72. The minimum Gasteiger partial charge on any atom is -0.492 e. The number of carbonyl (C=O) groups excluding carboxylic acids is 1. The predicted octanol–water partition coefficient (Wildman–Crippen LogP) is 2.89. The monoisotopic (exact) mass is 247 g/mol. The molecule has 0 bridgehead atoms. The third-order valence-corrected chi connectivity index (χ3v) is 2.13. The maximum absolute atomic E-state index is 12.7. The van der Waals surface area contributed by atoms with Crippen LogP contribution in [0.1, 0.15) is 29.8 Å². The molecule has 0 aliphatic carbocycles. The molecular weight excluding hydrogens is 235 g/mol. The molecule has 1 rings (SSSR count). The molecule has 0 atom stereocenters. The normalized spacial score (nSPS) is 11.4. The summed E-state index contributed by atoms with van der Waals surface area (Å²) >= 11 is 0. The average Bonchev–Trinajstić information content (AvgIpc) is 2.18. The summed E-state index contributed by atoms with van der Waals surface area (Å²) in [4.78, 5) is 11.1. The van der Waals surface area contributed by atoms with Gasteiger partial charge in [-0.3, -0.25) is 4.79 Å². The number of hydrogen-bond acceptors (Lipinski definition) is 3. The van der Waals surface area contributed by atoms with Crippen LogP contribution in [0.25, 0.3) is 0 Å². The fourth-order valence-corrected chi connectivity index (χ4v) is 1.40. The maximum Gasteiger partial charge on any atom is 0.417 e. The smallest absolute Gasteiger partial charge is 0.417 e. The third-order valence-electron chi connectivity index (χ3n) is 2.13. The lowest BCUT2D eigenvalue weighted by Crippen LogP contribution is -2.13. The first-order valence-electron chi connectivity index (χ1n) is 4.91. The summed E-state index contributed by atoms with van der Waals surface area (Å²) in [6.07, 6.45) is -4.61. The Kier molecular flexibility index (Phi) is 3.65. The van der Waals surface area contributed by atoms with Gasteiger partial charge in [-0.1, -0.05) is 0 Å². The highest BCUT2D eigenvalue weighted by molar-refractivity contribution is 5.97. The molecule has 0 aliphatic heterocycles. The third kappa shape index (κ3) is 2.89. The Labute approximate surface area is 96.4 Å². The molecule has 0 heterocycles. The number of alkyl halides is 3. The molecule has 2 N–H and O–H groups in total. The summed E-state index contributed by atoms with van der Waals surface area (Å²) in [6.45, 7) is 2.89. The molecule has 17 heavy (non-hydrogen) atoms. The van der Waals surface area contributed by atoms with Crippen LogP contribution in [-0.4, -0.2) is 12.4 Å². The van der Waals surface area contributed by atoms with Gasteiger partial charge < -0.3 is 10.5 Å². The summed E-state index contributed by atoms with van der Waals surface area (Å²) in [5, 5.41) is 0. The summed E-state index contributed by atoms with van der Waals surface area (Å²) in [7, 11) is 0. The van der Waals surface area contributed by atoms with E-state index in [0.717, 1.165) is 19.1 Å². The molecule has 0 fully saturated rings. The lowest BCUT2D eigenvalue weighted by atomic mass is 10.0. The number of Topliss-reactive ketones (excluding diaryl/α,β-unsaturated/α-hetero) is 1. The van der Waals surface area contributed by atoms with Crippen LogP contribution in [0.4, 0.5) is 18.9 Å². The van der Waals surface area contributed by atoms with Crippen LogP contribution in [0.15, 0.2) is 12.1 Å². The van der Waals surface area contributed by atoms with Gasteiger partial charge in [0.1, 0.15) is 5.75 Å². The number of ketones is 1. The van der Waals surface area contributed by atoms with Crippen molar-refractivity contribution in [3.05, 3.63) is 23.3 Å². The highest BCUT2D eigenvalue weighted by atomic mass is 19.4. The molecule has 0 saturated carbocycles. The number of hydrogen-bond donors (Lipinski definition) is 1. The lowest BCUT2D eigenvalue weighted by Gasteiger charge is -2.15. The average molecular weight is 247 g/mol. The van der Waals surface area contributed by atoms with Gasteiger partial charge in [0.25, 0.3) is 0 Å². The molecule has 0 radical (unpaired) electrons. The van der Waals surface area contributed by atoms with Gasteiger partial charge in [0.05, 0.1) is 17.9 Å². The van der Waals surface area contributed by atoms with Crippen LogP contribution in [0.2, 0.25) is 0 Å². The van der Waals surface area contributed by atoms with Crippen molar-refractivity contribution in [2.45, 2.75) is 20.0 Å². The van der Waals surface area contributed by atoms with Crippen molar-refractivity contribution in [1.82, 2.24) is 0 Å². The van der Waals surface area contributed by atoms with Crippen molar-refractivity contribution < 1.29 is 22.7 Å². The molecule has 0 aliphatic rings. The Morgan fingerprint density at radius 3 is 2.41 bits per heavy atom. The lowest BCUT2D eigenvalue weighted by molar-refractivity contribution is -0.138. The SMILES string of the molecule is CCOc1cc(C(F)(F)F)c(C(C)=O)cc1N. The quantitative estimate of drug-likeness (QED) is 0.660. The molecule has 6 heteroatoms. The van der Waals surface area contributed by atoms with E-state index in [0.29, 0.717) is 0 Å². The molecule has 0 aromatic heterocycles. The van der Waals surface area contributed by atoms with Gasteiger partial charge in [-0.2, -0.15) is 13.2 Å². The van der Waals surface area contributed by atoms with E-state index >= 15 is 0 Å². The molecular formula is C11H12F3NO2. The van der Waals surface area contributed by atoms with Gasteiger partial charge >= 0.3 is 6.18 Å². The maximum atomic E-state index is 12.7. The van der Waals surface area contributed by atoms with Gasteiger partial charge in [0.2, 0.25) is 0 Å². The number of anilines is 1. The van der Waals surface area contributed by atoms with Crippen molar-refractivity contribution >= 4 is 11.5 Å². The molecule has 1 aromatic rings. The second-order valence-electron chi connectivity index (χ2n) is 3.42. The molecule has 94 valence electrons. The standard InChI is InChI=1S/C11H12F3NO2/c1-3-17-10-5-8(11(12,13)14)7(6(2)16)4-9(10)15/h4-5H,3,15H2,1-2H3. The van der Waals surface area contributed by atoms with E-state index in [1.807, 2.05) is 0 Å². The Bertz CT molecular complexity index is 441. The highest BCUT2D eigenvalue weighted by Crippen LogP contribution is 2.37. The fourth-order valence-electron chi connectivity index (χ4n) is 1.40. The van der Waals surface area contributed by atoms with E-state index in [-0.39, 0.29) is 18.0 Å². The van der Waals surface area contributed by atoms with Crippen LogP contribution in [-0.2, 0) is 6.18 Å². The van der Waals surface area contributed by atoms with Crippen molar-refractivity contribution in [3.8, 4) is 5.75 Å². The summed E-state index contributed by atoms with van der Waals surface area (Å²) in [6, 6.07) is 1.76. The van der Waals surface area contributed by atoms with E-state index in [1.54, 1.807) is 6.92 Å². The van der Waals surface area contributed by atoms with E-state index in [1.165, 1.54) is 0 Å². The zero-order chi connectivity index (χ0) is 13.2. The van der Waals surface area contributed by atoms with Crippen LogP contribution in [0.3, 0.4) is 0 Å². The minimum atomic E-state index is -4.61. The van der Waals surface area contributed by atoms with Crippen molar-refractivity contribution in [2.24, 2.45) is 0 Å².